The number of rotatable bonds is 6. The molecule has 1 unspecified atom stereocenters. The van der Waals surface area contributed by atoms with E-state index in [1.165, 1.54) is 16.1 Å². The third-order valence-electron chi connectivity index (χ3n) is 5.49. The number of ether oxygens (including phenoxy) is 1. The summed E-state index contributed by atoms with van der Waals surface area (Å²) in [7, 11) is 0. The molecule has 0 aromatic rings. The molecule has 0 aromatic heterocycles. The fraction of sp³-hybridized carbons (Fsp3) is 0.520. The standard InChI is InChI=1S/C25H36N2OS/c1-6-7-11-23-19(2)22(18-25(28-23)14-16-26-17-15-25)20-9-8-10-21(13-12-20)29-27-24(3,4)5/h6,8,10,12-13,18,23,26-27H,1-2,7,9,11,14-17H2,3-5H3. The van der Waals surface area contributed by atoms with Gasteiger partial charge in [0.15, 0.2) is 0 Å². The summed E-state index contributed by atoms with van der Waals surface area (Å²) in [5.74, 6) is 0. The van der Waals surface area contributed by atoms with Gasteiger partial charge < -0.3 is 10.1 Å². The van der Waals surface area contributed by atoms with Crippen LogP contribution in [-0.2, 0) is 4.74 Å². The highest BCUT2D eigenvalue weighted by Crippen LogP contribution is 2.41. The fourth-order valence-corrected chi connectivity index (χ4v) is 4.64. The van der Waals surface area contributed by atoms with E-state index in [9.17, 15) is 0 Å². The van der Waals surface area contributed by atoms with E-state index in [2.05, 4.69) is 74.3 Å². The molecule has 1 saturated heterocycles. The molecule has 0 amide bonds. The van der Waals surface area contributed by atoms with Crippen molar-refractivity contribution in [2.75, 3.05) is 13.1 Å². The monoisotopic (exact) mass is 412 g/mol. The van der Waals surface area contributed by atoms with Crippen LogP contribution in [0.5, 0.6) is 0 Å². The minimum atomic E-state index is -0.167. The van der Waals surface area contributed by atoms with E-state index in [1.54, 1.807) is 11.9 Å². The fourth-order valence-electron chi connectivity index (χ4n) is 3.92. The number of hydrogen-bond donors (Lipinski definition) is 2. The van der Waals surface area contributed by atoms with Crippen LogP contribution in [0.3, 0.4) is 0 Å². The van der Waals surface area contributed by atoms with Gasteiger partial charge in [0, 0.05) is 10.4 Å². The Bertz CT molecular complexity index is 745. The molecule has 4 heteroatoms. The molecule has 1 aliphatic carbocycles. The second-order valence-electron chi connectivity index (χ2n) is 9.19. The summed E-state index contributed by atoms with van der Waals surface area (Å²) >= 11 is 1.69. The molecule has 3 aliphatic rings. The first-order valence-corrected chi connectivity index (χ1v) is 11.6. The van der Waals surface area contributed by atoms with Crippen LogP contribution < -0.4 is 10.0 Å². The highest BCUT2D eigenvalue weighted by Gasteiger charge is 2.39. The first-order chi connectivity index (χ1) is 13.8. The zero-order chi connectivity index (χ0) is 20.9. The second-order valence-corrected chi connectivity index (χ2v) is 10.1. The van der Waals surface area contributed by atoms with Crippen molar-refractivity contribution in [3.8, 4) is 0 Å². The third-order valence-corrected chi connectivity index (χ3v) is 6.71. The Kier molecular flexibility index (Phi) is 7.44. The van der Waals surface area contributed by atoms with Gasteiger partial charge in [-0.3, -0.25) is 4.72 Å². The maximum atomic E-state index is 6.64. The van der Waals surface area contributed by atoms with Gasteiger partial charge in [-0.2, -0.15) is 0 Å². The van der Waals surface area contributed by atoms with Crippen LogP contribution in [0.1, 0.15) is 52.9 Å². The van der Waals surface area contributed by atoms with Crippen molar-refractivity contribution in [2.45, 2.75) is 70.1 Å². The Morgan fingerprint density at radius 1 is 1.31 bits per heavy atom. The summed E-state index contributed by atoms with van der Waals surface area (Å²) in [6.07, 6.45) is 18.2. The average molecular weight is 413 g/mol. The minimum Gasteiger partial charge on any atom is -0.363 e. The molecular formula is C25H36N2OS. The lowest BCUT2D eigenvalue weighted by Gasteiger charge is -2.43. The molecule has 2 heterocycles. The van der Waals surface area contributed by atoms with Gasteiger partial charge in [0.2, 0.25) is 0 Å². The zero-order valence-corrected chi connectivity index (χ0v) is 19.0. The first kappa shape index (κ1) is 22.4. The van der Waals surface area contributed by atoms with Crippen molar-refractivity contribution in [3.05, 3.63) is 71.2 Å². The maximum absolute atomic E-state index is 6.64. The highest BCUT2D eigenvalue weighted by molar-refractivity contribution is 8.01. The van der Waals surface area contributed by atoms with Crippen LogP contribution in [0.15, 0.2) is 71.2 Å². The molecule has 0 bridgehead atoms. The quantitative estimate of drug-likeness (QED) is 0.429. The molecule has 1 fully saturated rings. The molecule has 3 nitrogen and oxygen atoms in total. The molecule has 158 valence electrons. The molecular weight excluding hydrogens is 376 g/mol. The smallest absolute Gasteiger partial charge is 0.0903 e. The Balaban J connectivity index is 1.86. The Hall–Kier alpha value is -1.33. The van der Waals surface area contributed by atoms with Crippen molar-refractivity contribution >= 4 is 11.9 Å². The van der Waals surface area contributed by atoms with Crippen LogP contribution in [0.2, 0.25) is 0 Å². The third kappa shape index (κ3) is 6.08. The summed E-state index contributed by atoms with van der Waals surface area (Å²) in [5, 5.41) is 3.47. The highest BCUT2D eigenvalue weighted by atomic mass is 32.2. The van der Waals surface area contributed by atoms with E-state index in [-0.39, 0.29) is 17.2 Å². The summed E-state index contributed by atoms with van der Waals surface area (Å²) < 4.78 is 10.1. The molecule has 0 radical (unpaired) electrons. The average Bonchev–Trinajstić information content (AvgIpc) is 2.93. The van der Waals surface area contributed by atoms with Crippen LogP contribution in [0.4, 0.5) is 0 Å². The lowest BCUT2D eigenvalue weighted by Crippen LogP contribution is -2.47. The van der Waals surface area contributed by atoms with Gasteiger partial charge in [0.05, 0.1) is 11.7 Å². The molecule has 1 spiro atoms. The SMILES string of the molecule is C=CCCC1OC2(C=C(C3=CC=C(SNC(C)(C)C)C=CC3)C1=C)CCNCC2. The van der Waals surface area contributed by atoms with Gasteiger partial charge in [0.25, 0.3) is 0 Å². The molecule has 2 aliphatic heterocycles. The summed E-state index contributed by atoms with van der Waals surface area (Å²) in [6, 6.07) is 0. The van der Waals surface area contributed by atoms with Gasteiger partial charge in [-0.25, -0.2) is 0 Å². The van der Waals surface area contributed by atoms with Crippen LogP contribution >= 0.6 is 11.9 Å². The zero-order valence-electron chi connectivity index (χ0n) is 18.2. The predicted octanol–water partition coefficient (Wildman–Crippen LogP) is 5.76. The van der Waals surface area contributed by atoms with E-state index in [4.69, 9.17) is 4.74 Å². The summed E-state index contributed by atoms with van der Waals surface area (Å²) in [5.41, 5.74) is 3.66. The maximum Gasteiger partial charge on any atom is 0.0903 e. The lowest BCUT2D eigenvalue weighted by atomic mass is 9.80. The van der Waals surface area contributed by atoms with Gasteiger partial charge >= 0.3 is 0 Å². The molecule has 0 saturated carbocycles. The molecule has 1 atom stereocenters. The summed E-state index contributed by atoms with van der Waals surface area (Å²) in [4.78, 5) is 1.23. The van der Waals surface area contributed by atoms with Crippen molar-refractivity contribution in [2.24, 2.45) is 0 Å². The molecule has 2 N–H and O–H groups in total. The predicted molar refractivity (Wildman–Crippen MR) is 127 cm³/mol. The topological polar surface area (TPSA) is 33.3 Å². The van der Waals surface area contributed by atoms with E-state index in [1.807, 2.05) is 6.08 Å². The molecule has 0 aromatic carbocycles. The van der Waals surface area contributed by atoms with E-state index >= 15 is 0 Å². The Morgan fingerprint density at radius 2 is 2.07 bits per heavy atom. The lowest BCUT2D eigenvalue weighted by molar-refractivity contribution is -0.0719. The number of nitrogens with one attached hydrogen (secondary N) is 2. The van der Waals surface area contributed by atoms with Crippen molar-refractivity contribution in [1.82, 2.24) is 10.0 Å². The van der Waals surface area contributed by atoms with Crippen LogP contribution in [0.25, 0.3) is 0 Å². The van der Waals surface area contributed by atoms with Crippen LogP contribution in [-0.4, -0.2) is 30.3 Å². The molecule has 3 rings (SSSR count). The Morgan fingerprint density at radius 3 is 2.76 bits per heavy atom. The van der Waals surface area contributed by atoms with Gasteiger partial charge in [-0.05, 0) is 107 Å². The van der Waals surface area contributed by atoms with Crippen molar-refractivity contribution in [3.63, 3.8) is 0 Å². The van der Waals surface area contributed by atoms with E-state index in [0.29, 0.717) is 0 Å². The normalized spacial score (nSPS) is 24.6. The largest absolute Gasteiger partial charge is 0.363 e. The van der Waals surface area contributed by atoms with E-state index in [0.717, 1.165) is 50.8 Å². The summed E-state index contributed by atoms with van der Waals surface area (Å²) in [6.45, 7) is 16.9. The van der Waals surface area contributed by atoms with Gasteiger partial charge in [-0.1, -0.05) is 30.9 Å². The second kappa shape index (κ2) is 9.65. The minimum absolute atomic E-state index is 0.0691. The van der Waals surface area contributed by atoms with Gasteiger partial charge in [0.1, 0.15) is 0 Å². The number of piperidine rings is 1. The van der Waals surface area contributed by atoms with E-state index < -0.39 is 0 Å². The Labute approximate surface area is 181 Å². The van der Waals surface area contributed by atoms with Gasteiger partial charge in [-0.15, -0.1) is 6.58 Å². The number of hydrogen-bond acceptors (Lipinski definition) is 4. The van der Waals surface area contributed by atoms with Crippen LogP contribution in [0, 0.1) is 0 Å². The molecule has 29 heavy (non-hydrogen) atoms. The number of allylic oxidation sites excluding steroid dienone is 6. The van der Waals surface area contributed by atoms with Crippen molar-refractivity contribution in [1.29, 1.82) is 0 Å². The van der Waals surface area contributed by atoms with Crippen molar-refractivity contribution < 1.29 is 4.74 Å². The first-order valence-electron chi connectivity index (χ1n) is 10.8.